The molecule has 1 aliphatic rings. The molecule has 0 radical (unpaired) electrons. The van der Waals surface area contributed by atoms with Crippen LogP contribution in [0.2, 0.25) is 0 Å². The standard InChI is InChI=1S/C35H33N3O3/c1-35(37)21-27-12-7-11-25(17-27)13-8-16-38(23-26-9-3-2-4-10-26)33(39)31-19-28(24-41-34(35)40)18-30(20-31)32-15-6-5-14-29(32)22-36/h2-7,9-12,14-15,17-20H,8,13,16,21,23-24,37H2,1H3. The van der Waals surface area contributed by atoms with Gasteiger partial charge in [-0.2, -0.15) is 5.26 Å². The normalized spacial score (nSPS) is 17.9. The number of rotatable bonds is 3. The van der Waals surface area contributed by atoms with Crippen molar-refractivity contribution in [3.05, 3.63) is 130 Å². The average Bonchev–Trinajstić information content (AvgIpc) is 2.99. The molecule has 6 heteroatoms. The highest BCUT2D eigenvalue weighted by molar-refractivity contribution is 5.96. The zero-order valence-corrected chi connectivity index (χ0v) is 23.2. The number of hydrogen-bond acceptors (Lipinski definition) is 5. The summed E-state index contributed by atoms with van der Waals surface area (Å²) in [7, 11) is 0. The molecule has 1 heterocycles. The molecule has 0 aromatic heterocycles. The second-order valence-electron chi connectivity index (χ2n) is 10.9. The topological polar surface area (TPSA) is 96.4 Å². The minimum absolute atomic E-state index is 0.0484. The molecule has 206 valence electrons. The highest BCUT2D eigenvalue weighted by Crippen LogP contribution is 2.28. The molecule has 5 rings (SSSR count). The Morgan fingerprint density at radius 2 is 1.61 bits per heavy atom. The van der Waals surface area contributed by atoms with Gasteiger partial charge < -0.3 is 15.4 Å². The van der Waals surface area contributed by atoms with Crippen molar-refractivity contribution >= 4 is 11.9 Å². The van der Waals surface area contributed by atoms with Crippen molar-refractivity contribution in [2.45, 2.75) is 44.9 Å². The third-order valence-corrected chi connectivity index (χ3v) is 7.39. The summed E-state index contributed by atoms with van der Waals surface area (Å²) >= 11 is 0. The predicted octanol–water partition coefficient (Wildman–Crippen LogP) is 5.82. The Hall–Kier alpha value is -4.73. The second kappa shape index (κ2) is 12.2. The quantitative estimate of drug-likeness (QED) is 0.329. The van der Waals surface area contributed by atoms with Gasteiger partial charge in [-0.3, -0.25) is 9.59 Å². The molecular weight excluding hydrogens is 510 g/mol. The number of fused-ring (bicyclic) bond motifs is 4. The number of nitrogens with zero attached hydrogens (tertiary/aromatic N) is 2. The van der Waals surface area contributed by atoms with E-state index in [-0.39, 0.29) is 12.5 Å². The Morgan fingerprint density at radius 3 is 2.41 bits per heavy atom. The lowest BCUT2D eigenvalue weighted by molar-refractivity contribution is -0.150. The minimum Gasteiger partial charge on any atom is -0.459 e. The number of hydrogen-bond donors (Lipinski definition) is 1. The van der Waals surface area contributed by atoms with E-state index in [1.807, 2.05) is 77.7 Å². The van der Waals surface area contributed by atoms with E-state index in [1.54, 1.807) is 19.1 Å². The number of cyclic esters (lactones) is 1. The lowest BCUT2D eigenvalue weighted by Gasteiger charge is -2.25. The van der Waals surface area contributed by atoms with Crippen LogP contribution in [0.5, 0.6) is 0 Å². The van der Waals surface area contributed by atoms with Crippen molar-refractivity contribution in [3.8, 4) is 17.2 Å². The van der Waals surface area contributed by atoms with Crippen LogP contribution in [0.3, 0.4) is 0 Å². The number of amides is 1. The fourth-order valence-corrected chi connectivity index (χ4v) is 5.30. The Bertz CT molecular complexity index is 1600. The number of nitriles is 1. The van der Waals surface area contributed by atoms with Crippen LogP contribution in [0.4, 0.5) is 0 Å². The molecule has 4 aromatic rings. The molecule has 41 heavy (non-hydrogen) atoms. The lowest BCUT2D eigenvalue weighted by Crippen LogP contribution is -2.48. The van der Waals surface area contributed by atoms with Gasteiger partial charge in [0, 0.05) is 25.1 Å². The van der Waals surface area contributed by atoms with E-state index in [0.29, 0.717) is 47.3 Å². The first-order valence-corrected chi connectivity index (χ1v) is 13.8. The molecule has 0 saturated carbocycles. The first kappa shape index (κ1) is 27.8. The summed E-state index contributed by atoms with van der Waals surface area (Å²) in [6.07, 6.45) is 1.89. The summed E-state index contributed by atoms with van der Waals surface area (Å²) in [5.74, 6) is -0.640. The van der Waals surface area contributed by atoms with E-state index in [4.69, 9.17) is 10.5 Å². The summed E-state index contributed by atoms with van der Waals surface area (Å²) in [4.78, 5) is 29.1. The smallest absolute Gasteiger partial charge is 0.326 e. The Morgan fingerprint density at radius 1 is 0.878 bits per heavy atom. The SMILES string of the molecule is CC1(N)Cc2cccc(c2)CCCN(Cc2ccccc2)C(=O)c2cc(cc(-c3ccccc3C#N)c2)COC1=O. The molecule has 1 unspecified atom stereocenters. The predicted molar refractivity (Wildman–Crippen MR) is 159 cm³/mol. The zero-order chi connectivity index (χ0) is 28.8. The van der Waals surface area contributed by atoms with Crippen molar-refractivity contribution in [2.24, 2.45) is 5.73 Å². The molecule has 1 atom stereocenters. The van der Waals surface area contributed by atoms with E-state index in [9.17, 15) is 14.9 Å². The summed E-state index contributed by atoms with van der Waals surface area (Å²) in [5, 5.41) is 9.74. The fourth-order valence-electron chi connectivity index (χ4n) is 5.30. The van der Waals surface area contributed by atoms with Crippen LogP contribution in [0, 0.1) is 11.3 Å². The minimum atomic E-state index is -1.22. The third kappa shape index (κ3) is 6.71. The molecule has 1 aliphatic heterocycles. The van der Waals surface area contributed by atoms with Crippen LogP contribution in [0.1, 0.15) is 51.5 Å². The van der Waals surface area contributed by atoms with Crippen molar-refractivity contribution in [2.75, 3.05) is 6.54 Å². The Kier molecular flexibility index (Phi) is 8.28. The summed E-state index contributed by atoms with van der Waals surface area (Å²) < 4.78 is 5.72. The molecule has 6 nitrogen and oxygen atoms in total. The van der Waals surface area contributed by atoms with Crippen molar-refractivity contribution < 1.29 is 14.3 Å². The van der Waals surface area contributed by atoms with Gasteiger partial charge in [0.05, 0.1) is 11.6 Å². The van der Waals surface area contributed by atoms with Crippen molar-refractivity contribution in [1.29, 1.82) is 5.26 Å². The molecule has 1 amide bonds. The van der Waals surface area contributed by atoms with E-state index in [2.05, 4.69) is 18.2 Å². The van der Waals surface area contributed by atoms with Gasteiger partial charge in [0.1, 0.15) is 12.1 Å². The number of esters is 1. The maximum Gasteiger partial charge on any atom is 0.326 e. The molecule has 2 N–H and O–H groups in total. The number of nitrogens with two attached hydrogens (primary N) is 1. The number of benzene rings is 4. The van der Waals surface area contributed by atoms with Crippen LogP contribution in [0.15, 0.2) is 97.1 Å². The number of ether oxygens (including phenoxy) is 1. The van der Waals surface area contributed by atoms with E-state index >= 15 is 0 Å². The number of carbonyl (C=O) groups excluding carboxylic acids is 2. The first-order valence-electron chi connectivity index (χ1n) is 13.8. The number of aryl methyl sites for hydroxylation is 1. The van der Waals surface area contributed by atoms with Gasteiger partial charge in [-0.05, 0) is 77.4 Å². The van der Waals surface area contributed by atoms with Crippen LogP contribution in [0.25, 0.3) is 11.1 Å². The fraction of sp³-hybridized carbons (Fsp3) is 0.229. The van der Waals surface area contributed by atoms with E-state index in [1.165, 1.54) is 0 Å². The van der Waals surface area contributed by atoms with Crippen LogP contribution in [-0.4, -0.2) is 28.9 Å². The second-order valence-corrected chi connectivity index (χ2v) is 10.9. The highest BCUT2D eigenvalue weighted by atomic mass is 16.5. The van der Waals surface area contributed by atoms with Gasteiger partial charge in [0.25, 0.3) is 5.91 Å². The van der Waals surface area contributed by atoms with E-state index in [0.717, 1.165) is 29.5 Å². The largest absolute Gasteiger partial charge is 0.459 e. The molecule has 0 aliphatic carbocycles. The van der Waals surface area contributed by atoms with Crippen LogP contribution < -0.4 is 5.73 Å². The monoisotopic (exact) mass is 543 g/mol. The van der Waals surface area contributed by atoms with E-state index < -0.39 is 11.5 Å². The maximum atomic E-state index is 14.1. The average molecular weight is 544 g/mol. The Labute approximate surface area is 241 Å². The summed E-state index contributed by atoms with van der Waals surface area (Å²) in [6, 6.07) is 33.0. The summed E-state index contributed by atoms with van der Waals surface area (Å²) in [6.45, 7) is 2.67. The van der Waals surface area contributed by atoms with Gasteiger partial charge in [0.2, 0.25) is 0 Å². The lowest BCUT2D eigenvalue weighted by atomic mass is 9.92. The van der Waals surface area contributed by atoms with Crippen LogP contribution >= 0.6 is 0 Å². The van der Waals surface area contributed by atoms with Gasteiger partial charge in [-0.1, -0.05) is 72.8 Å². The van der Waals surface area contributed by atoms with Gasteiger partial charge in [-0.15, -0.1) is 0 Å². The van der Waals surface area contributed by atoms with Gasteiger partial charge in [0.15, 0.2) is 0 Å². The van der Waals surface area contributed by atoms with Crippen molar-refractivity contribution in [1.82, 2.24) is 4.90 Å². The molecule has 4 bridgehead atoms. The zero-order valence-electron chi connectivity index (χ0n) is 23.2. The molecule has 0 fully saturated rings. The molecular formula is C35H33N3O3. The summed E-state index contributed by atoms with van der Waals surface area (Å²) in [5.41, 5.74) is 11.4. The maximum absolute atomic E-state index is 14.1. The van der Waals surface area contributed by atoms with Crippen molar-refractivity contribution in [3.63, 3.8) is 0 Å². The highest BCUT2D eigenvalue weighted by Gasteiger charge is 2.31. The van der Waals surface area contributed by atoms with Crippen LogP contribution in [-0.2, 0) is 35.5 Å². The van der Waals surface area contributed by atoms with Gasteiger partial charge in [-0.25, -0.2) is 0 Å². The van der Waals surface area contributed by atoms with Gasteiger partial charge >= 0.3 is 5.97 Å². The molecule has 0 spiro atoms. The Balaban J connectivity index is 1.57. The number of carbonyl (C=O) groups is 2. The molecule has 0 saturated heterocycles. The molecule has 4 aromatic carbocycles. The first-order chi connectivity index (χ1) is 19.8. The third-order valence-electron chi connectivity index (χ3n) is 7.39.